The number of carbonyl (C=O) groups is 2. The number of pyridine rings is 1. The molecule has 190 valence electrons. The van der Waals surface area contributed by atoms with Crippen molar-refractivity contribution in [2.45, 2.75) is 13.3 Å². The Labute approximate surface area is 220 Å². The standard InChI is InChI=1S/C29H27N7O2/c1-20(37)36-24-8-4-21(5-9-24)25-12-14-31-29(33-25)32-22-6-10-23(11-7-22)34-15-17-35(18-16-34)28(38)19-26-27(36)3-2-13-30-26/h2-14H,15-19H2,1H3,(H,31,32,33). The molecule has 6 aliphatic heterocycles. The molecule has 1 fully saturated rings. The molecule has 38 heavy (non-hydrogen) atoms. The summed E-state index contributed by atoms with van der Waals surface area (Å²) in [6.07, 6.45) is 3.52. The number of nitrogens with one attached hydrogen (secondary N) is 1. The summed E-state index contributed by atoms with van der Waals surface area (Å²) in [7, 11) is 0. The summed E-state index contributed by atoms with van der Waals surface area (Å²) in [4.78, 5) is 45.5. The summed E-state index contributed by atoms with van der Waals surface area (Å²) < 4.78 is 0. The smallest absolute Gasteiger partial charge is 0.228 e. The van der Waals surface area contributed by atoms with Crippen molar-refractivity contribution in [3.8, 4) is 11.3 Å². The van der Waals surface area contributed by atoms with Gasteiger partial charge in [-0.15, -0.1) is 0 Å². The highest BCUT2D eigenvalue weighted by Gasteiger charge is 2.25. The maximum absolute atomic E-state index is 13.3. The molecule has 2 aromatic heterocycles. The van der Waals surface area contributed by atoms with Crippen molar-refractivity contribution in [2.75, 3.05) is 41.3 Å². The van der Waals surface area contributed by atoms with Gasteiger partial charge in [0, 0.05) is 68.1 Å². The summed E-state index contributed by atoms with van der Waals surface area (Å²) in [6.45, 7) is 4.25. The molecule has 9 nitrogen and oxygen atoms in total. The molecule has 2 amide bonds. The monoisotopic (exact) mass is 505 g/mol. The van der Waals surface area contributed by atoms with Crippen molar-refractivity contribution < 1.29 is 9.59 Å². The first-order valence-corrected chi connectivity index (χ1v) is 12.6. The van der Waals surface area contributed by atoms with Crippen LogP contribution in [0.5, 0.6) is 0 Å². The Bertz CT molecular complexity index is 1480. The van der Waals surface area contributed by atoms with Crippen LogP contribution in [-0.2, 0) is 16.0 Å². The Balaban J connectivity index is 1.42. The zero-order valence-electron chi connectivity index (χ0n) is 21.0. The predicted octanol–water partition coefficient (Wildman–Crippen LogP) is 4.17. The number of aromatic nitrogens is 3. The minimum absolute atomic E-state index is 0.00624. The van der Waals surface area contributed by atoms with Gasteiger partial charge in [0.2, 0.25) is 17.8 Å². The van der Waals surface area contributed by atoms with Crippen LogP contribution in [0.4, 0.5) is 28.7 Å². The van der Waals surface area contributed by atoms with Crippen molar-refractivity contribution in [1.82, 2.24) is 19.9 Å². The van der Waals surface area contributed by atoms with Gasteiger partial charge in [-0.2, -0.15) is 0 Å². The number of piperazine rings is 1. The summed E-state index contributed by atoms with van der Waals surface area (Å²) in [5.41, 5.74) is 5.52. The molecule has 1 N–H and O–H groups in total. The van der Waals surface area contributed by atoms with E-state index < -0.39 is 0 Å². The van der Waals surface area contributed by atoms with Crippen LogP contribution in [0, 0.1) is 0 Å². The number of hydrogen-bond acceptors (Lipinski definition) is 7. The maximum atomic E-state index is 13.3. The molecular formula is C29H27N7O2. The molecule has 0 aliphatic carbocycles. The number of anilines is 5. The van der Waals surface area contributed by atoms with Crippen molar-refractivity contribution in [1.29, 1.82) is 0 Å². The molecule has 2 aromatic carbocycles. The molecule has 0 unspecified atom stereocenters. The van der Waals surface area contributed by atoms with Crippen LogP contribution >= 0.6 is 0 Å². The molecule has 4 aromatic rings. The van der Waals surface area contributed by atoms with E-state index in [-0.39, 0.29) is 18.2 Å². The normalized spacial score (nSPS) is 15.2. The quantitative estimate of drug-likeness (QED) is 0.383. The Morgan fingerprint density at radius 3 is 2.26 bits per heavy atom. The number of nitrogens with zero attached hydrogens (tertiary/aromatic N) is 6. The molecule has 0 saturated carbocycles. The van der Waals surface area contributed by atoms with E-state index in [9.17, 15) is 9.59 Å². The van der Waals surface area contributed by atoms with E-state index in [4.69, 9.17) is 4.98 Å². The van der Waals surface area contributed by atoms with Crippen molar-refractivity contribution in [2.24, 2.45) is 0 Å². The Kier molecular flexibility index (Phi) is 6.17. The van der Waals surface area contributed by atoms with Crippen molar-refractivity contribution in [3.63, 3.8) is 0 Å². The summed E-state index contributed by atoms with van der Waals surface area (Å²) in [5.74, 6) is 0.346. The van der Waals surface area contributed by atoms with Crippen LogP contribution in [-0.4, -0.2) is 57.8 Å². The first-order chi connectivity index (χ1) is 18.5. The van der Waals surface area contributed by atoms with E-state index in [0.717, 1.165) is 35.7 Å². The number of carbonyl (C=O) groups excluding carboxylic acids is 2. The fourth-order valence-electron chi connectivity index (χ4n) is 4.97. The molecule has 8 bridgehead atoms. The van der Waals surface area contributed by atoms with Gasteiger partial charge >= 0.3 is 0 Å². The van der Waals surface area contributed by atoms with E-state index in [2.05, 4.69) is 32.3 Å². The molecule has 0 radical (unpaired) electrons. The Morgan fingerprint density at radius 1 is 0.816 bits per heavy atom. The van der Waals surface area contributed by atoms with Crippen LogP contribution in [0.1, 0.15) is 12.6 Å². The molecule has 0 spiro atoms. The number of hydrogen-bond donors (Lipinski definition) is 1. The van der Waals surface area contributed by atoms with Gasteiger partial charge in [-0.05, 0) is 54.6 Å². The summed E-state index contributed by atoms with van der Waals surface area (Å²) in [5, 5.41) is 3.29. The van der Waals surface area contributed by atoms with Gasteiger partial charge in [0.25, 0.3) is 0 Å². The zero-order chi connectivity index (χ0) is 26.1. The second-order valence-corrected chi connectivity index (χ2v) is 9.35. The second kappa shape index (κ2) is 9.93. The molecule has 10 rings (SSSR count). The molecule has 0 atom stereocenters. The molecule has 1 saturated heterocycles. The highest BCUT2D eigenvalue weighted by atomic mass is 16.2. The van der Waals surface area contributed by atoms with Crippen molar-refractivity contribution in [3.05, 3.63) is 84.8 Å². The minimum Gasteiger partial charge on any atom is -0.368 e. The highest BCUT2D eigenvalue weighted by Crippen LogP contribution is 2.31. The molecular weight excluding hydrogens is 478 g/mol. The van der Waals surface area contributed by atoms with E-state index in [0.29, 0.717) is 36.1 Å². The van der Waals surface area contributed by atoms with Gasteiger partial charge in [0.15, 0.2) is 0 Å². The second-order valence-electron chi connectivity index (χ2n) is 9.35. The maximum Gasteiger partial charge on any atom is 0.228 e. The number of rotatable bonds is 0. The summed E-state index contributed by atoms with van der Waals surface area (Å²) >= 11 is 0. The third-order valence-corrected chi connectivity index (χ3v) is 6.94. The van der Waals surface area contributed by atoms with Gasteiger partial charge in [0.1, 0.15) is 0 Å². The lowest BCUT2D eigenvalue weighted by Gasteiger charge is -2.36. The zero-order valence-corrected chi connectivity index (χ0v) is 21.0. The fourth-order valence-corrected chi connectivity index (χ4v) is 4.97. The highest BCUT2D eigenvalue weighted by molar-refractivity contribution is 6.00. The van der Waals surface area contributed by atoms with Crippen LogP contribution < -0.4 is 15.1 Å². The van der Waals surface area contributed by atoms with E-state index in [1.165, 1.54) is 6.92 Å². The van der Waals surface area contributed by atoms with Gasteiger partial charge in [-0.3, -0.25) is 19.5 Å². The van der Waals surface area contributed by atoms with E-state index in [1.807, 2.05) is 53.4 Å². The van der Waals surface area contributed by atoms with Gasteiger partial charge < -0.3 is 15.1 Å². The van der Waals surface area contributed by atoms with Gasteiger partial charge in [-0.1, -0.05) is 12.1 Å². The molecule has 6 aliphatic rings. The lowest BCUT2D eigenvalue weighted by Crippen LogP contribution is -2.49. The number of fused-ring (bicyclic) bond motifs is 1. The van der Waals surface area contributed by atoms with Crippen LogP contribution in [0.15, 0.2) is 79.1 Å². The Morgan fingerprint density at radius 2 is 1.53 bits per heavy atom. The lowest BCUT2D eigenvalue weighted by atomic mass is 10.1. The topological polar surface area (TPSA) is 94.6 Å². The van der Waals surface area contributed by atoms with Crippen molar-refractivity contribution >= 4 is 40.5 Å². The SMILES string of the molecule is CC(=O)N1c2ccc(cc2)-c2ccnc(n2)Nc2ccc(cc2)N2CCN(CC2)C(=O)Cc2ncccc21. The number of benzene rings is 2. The first kappa shape index (κ1) is 23.6. The third-order valence-electron chi connectivity index (χ3n) is 6.94. The Hall–Kier alpha value is -4.79. The fraction of sp³-hybridized carbons (Fsp3) is 0.207. The minimum atomic E-state index is -0.162. The average Bonchev–Trinajstić information content (AvgIpc) is 2.95. The predicted molar refractivity (Wildman–Crippen MR) is 147 cm³/mol. The lowest BCUT2D eigenvalue weighted by molar-refractivity contribution is -0.130. The van der Waals surface area contributed by atoms with Crippen LogP contribution in [0.3, 0.4) is 0 Å². The number of amides is 2. The van der Waals surface area contributed by atoms with Crippen LogP contribution in [0.25, 0.3) is 11.3 Å². The van der Waals surface area contributed by atoms with Gasteiger partial charge in [-0.25, -0.2) is 9.97 Å². The molecule has 9 heteroatoms. The third kappa shape index (κ3) is 4.66. The largest absolute Gasteiger partial charge is 0.368 e. The van der Waals surface area contributed by atoms with E-state index in [1.54, 1.807) is 23.4 Å². The average molecular weight is 506 g/mol. The van der Waals surface area contributed by atoms with Crippen LogP contribution in [0.2, 0.25) is 0 Å². The summed E-state index contributed by atoms with van der Waals surface area (Å²) in [6, 6.07) is 21.3. The van der Waals surface area contributed by atoms with Gasteiger partial charge in [0.05, 0.1) is 23.5 Å². The van der Waals surface area contributed by atoms with E-state index >= 15 is 0 Å². The first-order valence-electron chi connectivity index (χ1n) is 12.6. The molecule has 8 heterocycles.